The quantitative estimate of drug-likeness (QED) is 0.499. The molecule has 0 aliphatic carbocycles. The molecule has 0 N–H and O–H groups in total. The zero-order chi connectivity index (χ0) is 11.2. The van der Waals surface area contributed by atoms with Crippen molar-refractivity contribution in [1.82, 2.24) is 0 Å². The van der Waals surface area contributed by atoms with Crippen LogP contribution in [-0.2, 0) is 14.3 Å². The van der Waals surface area contributed by atoms with E-state index >= 15 is 0 Å². The molecule has 4 heteroatoms. The lowest BCUT2D eigenvalue weighted by Crippen LogP contribution is -2.30. The van der Waals surface area contributed by atoms with E-state index in [1.807, 2.05) is 6.07 Å². The van der Waals surface area contributed by atoms with Crippen LogP contribution in [-0.4, -0.2) is 18.9 Å². The third kappa shape index (κ3) is 2.70. The minimum absolute atomic E-state index is 0.152. The van der Waals surface area contributed by atoms with Gasteiger partial charge >= 0.3 is 5.97 Å². The lowest BCUT2D eigenvalue weighted by atomic mass is 9.84. The van der Waals surface area contributed by atoms with Gasteiger partial charge in [0.1, 0.15) is 5.78 Å². The zero-order valence-electron chi connectivity index (χ0n) is 8.53. The Morgan fingerprint density at radius 1 is 1.57 bits per heavy atom. The number of esters is 1. The molecule has 14 heavy (non-hydrogen) atoms. The molecule has 0 spiro atoms. The molecule has 1 atom stereocenters. The van der Waals surface area contributed by atoms with Crippen molar-refractivity contribution in [3.8, 4) is 6.07 Å². The molecule has 0 aliphatic rings. The Morgan fingerprint density at radius 2 is 2.14 bits per heavy atom. The molecule has 0 bridgehead atoms. The van der Waals surface area contributed by atoms with Crippen molar-refractivity contribution in [1.29, 1.82) is 5.26 Å². The normalized spacial score (nSPS) is 14.4. The van der Waals surface area contributed by atoms with E-state index in [9.17, 15) is 9.59 Å². The van der Waals surface area contributed by atoms with Gasteiger partial charge in [0.15, 0.2) is 5.41 Å². The summed E-state index contributed by atoms with van der Waals surface area (Å²) < 4.78 is 4.50. The molecule has 0 aromatic rings. The number of hydrogen-bond acceptors (Lipinski definition) is 4. The second kappa shape index (κ2) is 5.18. The summed E-state index contributed by atoms with van der Waals surface area (Å²) in [5, 5.41) is 8.90. The van der Waals surface area contributed by atoms with Crippen molar-refractivity contribution >= 4 is 11.8 Å². The molecule has 0 amide bonds. The molecule has 0 aliphatic heterocycles. The Bertz CT molecular complexity index is 301. The van der Waals surface area contributed by atoms with Gasteiger partial charge in [-0.2, -0.15) is 5.26 Å². The van der Waals surface area contributed by atoms with E-state index < -0.39 is 11.4 Å². The van der Waals surface area contributed by atoms with Crippen LogP contribution in [0.25, 0.3) is 0 Å². The summed E-state index contributed by atoms with van der Waals surface area (Å²) in [5.74, 6) is -0.927. The van der Waals surface area contributed by atoms with Crippen molar-refractivity contribution in [2.75, 3.05) is 7.11 Å². The molecular weight excluding hydrogens is 182 g/mol. The second-order valence-electron chi connectivity index (χ2n) is 2.95. The Hall–Kier alpha value is -1.63. The molecule has 0 heterocycles. The van der Waals surface area contributed by atoms with Crippen LogP contribution >= 0.6 is 0 Å². The summed E-state index contributed by atoms with van der Waals surface area (Å²) in [6.07, 6.45) is 2.80. The number of Topliss-reactive ketones (excluding diaryl/α,β-unsaturated/α-hetero) is 1. The Labute approximate surface area is 83.2 Å². The van der Waals surface area contributed by atoms with Gasteiger partial charge in [0.05, 0.1) is 13.2 Å². The number of carbonyl (C=O) groups is 2. The average Bonchev–Trinajstić information content (AvgIpc) is 2.15. The minimum atomic E-state index is -1.46. The number of ether oxygens (including phenoxy) is 1. The van der Waals surface area contributed by atoms with Crippen LogP contribution in [0.4, 0.5) is 0 Å². The van der Waals surface area contributed by atoms with Crippen molar-refractivity contribution < 1.29 is 14.3 Å². The summed E-state index contributed by atoms with van der Waals surface area (Å²) in [6, 6.07) is 1.82. The van der Waals surface area contributed by atoms with E-state index in [0.717, 1.165) is 0 Å². The zero-order valence-corrected chi connectivity index (χ0v) is 8.53. The van der Waals surface area contributed by atoms with E-state index in [0.29, 0.717) is 0 Å². The van der Waals surface area contributed by atoms with Crippen LogP contribution in [0, 0.1) is 16.7 Å². The van der Waals surface area contributed by atoms with Crippen LogP contribution in [0.1, 0.15) is 20.3 Å². The summed E-state index contributed by atoms with van der Waals surface area (Å²) in [5.41, 5.74) is -1.46. The lowest BCUT2D eigenvalue weighted by molar-refractivity contribution is -0.148. The molecule has 0 saturated heterocycles. The molecule has 0 unspecified atom stereocenters. The third-order valence-electron chi connectivity index (χ3n) is 1.73. The molecule has 4 nitrogen and oxygen atoms in total. The number of carbonyl (C=O) groups excluding carboxylic acids is 2. The van der Waals surface area contributed by atoms with E-state index in [1.54, 1.807) is 13.0 Å². The Balaban J connectivity index is 5.10. The molecule has 76 valence electrons. The van der Waals surface area contributed by atoms with Gasteiger partial charge in [0.2, 0.25) is 0 Å². The fraction of sp³-hybridized carbons (Fsp3) is 0.500. The number of allylic oxidation sites excluding steroid dienone is 1. The molecule has 0 rings (SSSR count). The first-order valence-electron chi connectivity index (χ1n) is 4.15. The highest BCUT2D eigenvalue weighted by atomic mass is 16.5. The summed E-state index contributed by atoms with van der Waals surface area (Å²) >= 11 is 0. The van der Waals surface area contributed by atoms with Crippen LogP contribution in [0.2, 0.25) is 0 Å². The predicted molar refractivity (Wildman–Crippen MR) is 50.2 cm³/mol. The van der Waals surface area contributed by atoms with Gasteiger partial charge in [-0.3, -0.25) is 4.79 Å². The van der Waals surface area contributed by atoms with Gasteiger partial charge in [-0.05, 0) is 13.8 Å². The van der Waals surface area contributed by atoms with Crippen molar-refractivity contribution in [3.05, 3.63) is 12.2 Å². The number of methoxy groups -OCH3 is 1. The number of hydrogen-bond donors (Lipinski definition) is 0. The van der Waals surface area contributed by atoms with Gasteiger partial charge in [0.25, 0.3) is 0 Å². The summed E-state index contributed by atoms with van der Waals surface area (Å²) in [7, 11) is 1.19. The monoisotopic (exact) mass is 195 g/mol. The maximum atomic E-state index is 11.3. The lowest BCUT2D eigenvalue weighted by Gasteiger charge is -2.17. The Morgan fingerprint density at radius 3 is 2.43 bits per heavy atom. The highest BCUT2D eigenvalue weighted by Crippen LogP contribution is 2.25. The SMILES string of the molecule is C/C=C/[C@@](C#N)(CC(C)=O)C(=O)OC. The molecule has 0 aromatic heterocycles. The van der Waals surface area contributed by atoms with Gasteiger partial charge < -0.3 is 4.74 Å². The number of rotatable bonds is 4. The van der Waals surface area contributed by atoms with E-state index in [1.165, 1.54) is 20.1 Å². The van der Waals surface area contributed by atoms with Gasteiger partial charge in [-0.15, -0.1) is 0 Å². The van der Waals surface area contributed by atoms with Crippen molar-refractivity contribution in [3.63, 3.8) is 0 Å². The number of nitrogens with zero attached hydrogens (tertiary/aromatic N) is 1. The molecule has 0 aromatic carbocycles. The first-order valence-corrected chi connectivity index (χ1v) is 4.15. The predicted octanol–water partition coefficient (Wildman–Crippen LogP) is 1.22. The molecule has 0 saturated carbocycles. The summed E-state index contributed by atoms with van der Waals surface area (Å²) in [6.45, 7) is 3.01. The molecule has 0 fully saturated rings. The standard InChI is InChI=1S/C10H13NO3/c1-4-5-10(7-11,6-8(2)12)9(13)14-3/h4-5H,6H2,1-3H3/b5-4+/t10-/m0/s1. The van der Waals surface area contributed by atoms with Crippen LogP contribution < -0.4 is 0 Å². The highest BCUT2D eigenvalue weighted by Gasteiger charge is 2.38. The van der Waals surface area contributed by atoms with Gasteiger partial charge in [-0.1, -0.05) is 12.2 Å². The first kappa shape index (κ1) is 12.4. The number of nitriles is 1. The maximum Gasteiger partial charge on any atom is 0.330 e. The van der Waals surface area contributed by atoms with Gasteiger partial charge in [0, 0.05) is 6.42 Å². The second-order valence-corrected chi connectivity index (χ2v) is 2.95. The van der Waals surface area contributed by atoms with Crippen LogP contribution in [0.3, 0.4) is 0 Å². The fourth-order valence-corrected chi connectivity index (χ4v) is 1.18. The average molecular weight is 195 g/mol. The maximum absolute atomic E-state index is 11.3. The molecular formula is C10H13NO3. The molecule has 0 radical (unpaired) electrons. The van der Waals surface area contributed by atoms with Gasteiger partial charge in [-0.25, -0.2) is 4.79 Å². The van der Waals surface area contributed by atoms with E-state index in [2.05, 4.69) is 4.74 Å². The van der Waals surface area contributed by atoms with Crippen LogP contribution in [0.5, 0.6) is 0 Å². The van der Waals surface area contributed by atoms with E-state index in [4.69, 9.17) is 5.26 Å². The third-order valence-corrected chi connectivity index (χ3v) is 1.73. The van der Waals surface area contributed by atoms with Crippen molar-refractivity contribution in [2.45, 2.75) is 20.3 Å². The first-order chi connectivity index (χ1) is 6.52. The minimum Gasteiger partial charge on any atom is -0.468 e. The largest absolute Gasteiger partial charge is 0.468 e. The van der Waals surface area contributed by atoms with Crippen LogP contribution in [0.15, 0.2) is 12.2 Å². The Kier molecular flexibility index (Phi) is 4.57. The van der Waals surface area contributed by atoms with E-state index in [-0.39, 0.29) is 12.2 Å². The topological polar surface area (TPSA) is 67.2 Å². The fourth-order valence-electron chi connectivity index (χ4n) is 1.18. The smallest absolute Gasteiger partial charge is 0.330 e. The highest BCUT2D eigenvalue weighted by molar-refractivity contribution is 5.89. The summed E-state index contributed by atoms with van der Waals surface area (Å²) in [4.78, 5) is 22.3. The number of ketones is 1. The van der Waals surface area contributed by atoms with Crippen molar-refractivity contribution in [2.24, 2.45) is 5.41 Å².